The van der Waals surface area contributed by atoms with Gasteiger partial charge in [-0.15, -0.1) is 12.4 Å². The van der Waals surface area contributed by atoms with Gasteiger partial charge in [-0.3, -0.25) is 14.9 Å². The number of hydrogen-bond acceptors (Lipinski definition) is 5. The predicted octanol–water partition coefficient (Wildman–Crippen LogP) is 2.99. The van der Waals surface area contributed by atoms with Gasteiger partial charge in [-0.2, -0.15) is 13.2 Å². The summed E-state index contributed by atoms with van der Waals surface area (Å²) >= 11 is 0.671. The highest BCUT2D eigenvalue weighted by molar-refractivity contribution is 8.18. The number of alkyl halides is 3. The Morgan fingerprint density at radius 1 is 1.32 bits per heavy atom. The van der Waals surface area contributed by atoms with Crippen molar-refractivity contribution in [3.8, 4) is 0 Å². The van der Waals surface area contributed by atoms with Crippen LogP contribution in [-0.4, -0.2) is 30.3 Å². The molecule has 2 heterocycles. The lowest BCUT2D eigenvalue weighted by Gasteiger charge is -2.22. The van der Waals surface area contributed by atoms with Crippen molar-refractivity contribution < 1.29 is 22.8 Å². The zero-order valence-electron chi connectivity index (χ0n) is 12.8. The van der Waals surface area contributed by atoms with Gasteiger partial charge in [0.1, 0.15) is 0 Å². The number of nitrogens with zero attached hydrogens (tertiary/aromatic N) is 1. The first-order valence-corrected chi connectivity index (χ1v) is 8.02. The fraction of sp³-hybridized carbons (Fsp3) is 0.333. The predicted molar refractivity (Wildman–Crippen MR) is 92.6 cm³/mol. The van der Waals surface area contributed by atoms with Gasteiger partial charge in [0.2, 0.25) is 0 Å². The Morgan fingerprint density at radius 2 is 2.04 bits per heavy atom. The summed E-state index contributed by atoms with van der Waals surface area (Å²) in [6, 6.07) is 3.34. The maximum Gasteiger partial charge on any atom is 0.416 e. The van der Waals surface area contributed by atoms with E-state index in [2.05, 4.69) is 5.32 Å². The molecule has 1 unspecified atom stereocenters. The molecule has 0 bridgehead atoms. The summed E-state index contributed by atoms with van der Waals surface area (Å²) in [7, 11) is 0. The van der Waals surface area contributed by atoms with Crippen molar-refractivity contribution in [2.24, 2.45) is 5.73 Å². The number of carbonyl (C=O) groups excluding carboxylic acids is 2. The van der Waals surface area contributed by atoms with E-state index < -0.39 is 22.9 Å². The van der Waals surface area contributed by atoms with Gasteiger partial charge >= 0.3 is 6.18 Å². The Balaban J connectivity index is 0.00000225. The molecule has 3 N–H and O–H groups in total. The van der Waals surface area contributed by atoms with Crippen LogP contribution in [0.25, 0.3) is 6.08 Å². The maximum atomic E-state index is 13.0. The summed E-state index contributed by atoms with van der Waals surface area (Å²) in [6.45, 7) is 1.15. The Bertz CT molecular complexity index is 739. The van der Waals surface area contributed by atoms with E-state index in [1.54, 1.807) is 0 Å². The lowest BCUT2D eigenvalue weighted by molar-refractivity contribution is -0.137. The minimum Gasteiger partial charge on any atom is -0.369 e. The fourth-order valence-corrected chi connectivity index (χ4v) is 3.38. The molecule has 2 aliphatic heterocycles. The number of imide groups is 1. The lowest BCUT2D eigenvalue weighted by atomic mass is 10.1. The Kier molecular flexibility index (Phi) is 5.70. The minimum absolute atomic E-state index is 0. The molecule has 0 spiro atoms. The fourth-order valence-electron chi connectivity index (χ4n) is 2.70. The number of rotatable bonds is 2. The number of amides is 2. The molecular formula is C15H15ClF3N3O2S. The van der Waals surface area contributed by atoms with Crippen molar-refractivity contribution >= 4 is 47.1 Å². The summed E-state index contributed by atoms with van der Waals surface area (Å²) in [5.41, 5.74) is 5.86. The van der Waals surface area contributed by atoms with Gasteiger partial charge in [0.05, 0.1) is 10.5 Å². The molecule has 2 amide bonds. The first kappa shape index (κ1) is 19.6. The van der Waals surface area contributed by atoms with Gasteiger partial charge in [0.25, 0.3) is 11.1 Å². The normalized spacial score (nSPS) is 22.3. The SMILES string of the molecule is Cl.NC1CCN(c2ccc(C(F)(F)F)cc2C=C2SC(=O)NC2=O)C1. The lowest BCUT2D eigenvalue weighted by Crippen LogP contribution is -2.26. The average molecular weight is 394 g/mol. The number of nitrogens with one attached hydrogen (secondary N) is 1. The highest BCUT2D eigenvalue weighted by Gasteiger charge is 2.32. The summed E-state index contributed by atoms with van der Waals surface area (Å²) in [4.78, 5) is 24.9. The summed E-state index contributed by atoms with van der Waals surface area (Å²) in [5.74, 6) is -0.605. The van der Waals surface area contributed by atoms with E-state index in [1.807, 2.05) is 4.90 Å². The largest absolute Gasteiger partial charge is 0.416 e. The first-order valence-electron chi connectivity index (χ1n) is 7.20. The van der Waals surface area contributed by atoms with E-state index in [-0.39, 0.29) is 28.9 Å². The van der Waals surface area contributed by atoms with Crippen LogP contribution in [0.15, 0.2) is 23.1 Å². The van der Waals surface area contributed by atoms with E-state index in [0.717, 1.165) is 18.6 Å². The molecule has 1 aromatic rings. The van der Waals surface area contributed by atoms with Crippen LogP contribution in [0, 0.1) is 0 Å². The van der Waals surface area contributed by atoms with Crippen LogP contribution >= 0.6 is 24.2 Å². The zero-order valence-corrected chi connectivity index (χ0v) is 14.4. The molecule has 0 saturated carbocycles. The van der Waals surface area contributed by atoms with E-state index in [9.17, 15) is 22.8 Å². The van der Waals surface area contributed by atoms with Crippen LogP contribution in [0.3, 0.4) is 0 Å². The topological polar surface area (TPSA) is 75.4 Å². The van der Waals surface area contributed by atoms with Gasteiger partial charge in [-0.25, -0.2) is 0 Å². The zero-order chi connectivity index (χ0) is 17.5. The van der Waals surface area contributed by atoms with Gasteiger partial charge in [-0.05, 0) is 48.0 Å². The average Bonchev–Trinajstić information content (AvgIpc) is 3.04. The molecular weight excluding hydrogens is 379 g/mol. The van der Waals surface area contributed by atoms with E-state index >= 15 is 0 Å². The van der Waals surface area contributed by atoms with Crippen LogP contribution in [0.2, 0.25) is 0 Å². The smallest absolute Gasteiger partial charge is 0.369 e. The molecule has 0 radical (unpaired) electrons. The van der Waals surface area contributed by atoms with Gasteiger partial charge in [0, 0.05) is 24.8 Å². The highest BCUT2D eigenvalue weighted by Crippen LogP contribution is 2.36. The second kappa shape index (κ2) is 7.27. The van der Waals surface area contributed by atoms with Gasteiger partial charge in [0.15, 0.2) is 0 Å². The van der Waals surface area contributed by atoms with Crippen molar-refractivity contribution in [2.45, 2.75) is 18.6 Å². The summed E-state index contributed by atoms with van der Waals surface area (Å²) in [5, 5.41) is 1.55. The Morgan fingerprint density at radius 3 is 2.56 bits per heavy atom. The van der Waals surface area contributed by atoms with Crippen LogP contribution < -0.4 is 16.0 Å². The monoisotopic (exact) mass is 393 g/mol. The van der Waals surface area contributed by atoms with Crippen molar-refractivity contribution in [1.82, 2.24) is 5.32 Å². The van der Waals surface area contributed by atoms with Crippen molar-refractivity contribution in [3.05, 3.63) is 34.2 Å². The molecule has 5 nitrogen and oxygen atoms in total. The van der Waals surface area contributed by atoms with Crippen molar-refractivity contribution in [3.63, 3.8) is 0 Å². The second-order valence-electron chi connectivity index (χ2n) is 5.62. The molecule has 0 aromatic heterocycles. The highest BCUT2D eigenvalue weighted by atomic mass is 35.5. The molecule has 1 atom stereocenters. The maximum absolute atomic E-state index is 13.0. The van der Waals surface area contributed by atoms with E-state index in [1.165, 1.54) is 12.1 Å². The molecule has 1 aromatic carbocycles. The van der Waals surface area contributed by atoms with Crippen LogP contribution in [0.4, 0.5) is 23.7 Å². The van der Waals surface area contributed by atoms with Crippen LogP contribution in [-0.2, 0) is 11.0 Å². The Hall–Kier alpha value is -1.71. The van der Waals surface area contributed by atoms with Crippen molar-refractivity contribution in [2.75, 3.05) is 18.0 Å². The number of hydrogen-bond donors (Lipinski definition) is 2. The number of halogens is 4. The standard InChI is InChI=1S/C15H14F3N3O2S.ClH/c16-15(17,18)9-1-2-11(21-4-3-10(19)7-21)8(5-9)6-12-13(22)20-14(23)24-12;/h1-2,5-6,10H,3-4,7,19H2,(H,20,22,23);1H. The third-order valence-electron chi connectivity index (χ3n) is 3.85. The molecule has 25 heavy (non-hydrogen) atoms. The van der Waals surface area contributed by atoms with E-state index in [4.69, 9.17) is 5.73 Å². The molecule has 2 saturated heterocycles. The molecule has 2 fully saturated rings. The van der Waals surface area contributed by atoms with Gasteiger partial charge < -0.3 is 10.6 Å². The van der Waals surface area contributed by atoms with Crippen LogP contribution in [0.5, 0.6) is 0 Å². The van der Waals surface area contributed by atoms with Gasteiger partial charge in [-0.1, -0.05) is 0 Å². The molecule has 3 rings (SSSR count). The molecule has 10 heteroatoms. The number of carbonyl (C=O) groups is 2. The molecule has 2 aliphatic rings. The minimum atomic E-state index is -4.49. The third kappa shape index (κ3) is 4.28. The number of thioether (sulfide) groups is 1. The second-order valence-corrected chi connectivity index (χ2v) is 6.63. The Labute approximate surface area is 152 Å². The summed E-state index contributed by atoms with van der Waals surface area (Å²) < 4.78 is 39.0. The molecule has 0 aliphatic carbocycles. The number of anilines is 1. The molecule has 136 valence electrons. The quantitative estimate of drug-likeness (QED) is 0.755. The number of nitrogens with two attached hydrogens (primary N) is 1. The van der Waals surface area contributed by atoms with Crippen LogP contribution in [0.1, 0.15) is 17.5 Å². The van der Waals surface area contributed by atoms with E-state index in [0.29, 0.717) is 30.5 Å². The third-order valence-corrected chi connectivity index (χ3v) is 4.66. The number of benzene rings is 1. The van der Waals surface area contributed by atoms with Crippen molar-refractivity contribution in [1.29, 1.82) is 0 Å². The summed E-state index contributed by atoms with van der Waals surface area (Å²) in [6.07, 6.45) is -2.43. The first-order chi connectivity index (χ1) is 11.2.